The molecular weight excluding hydrogens is 256 g/mol. The van der Waals surface area contributed by atoms with Crippen LogP contribution in [0.1, 0.15) is 5.89 Å². The van der Waals surface area contributed by atoms with Gasteiger partial charge in [0.1, 0.15) is 6.33 Å². The molecule has 0 fully saturated rings. The molecule has 0 spiro atoms. The van der Waals surface area contributed by atoms with Gasteiger partial charge in [0.25, 0.3) is 0 Å². The van der Waals surface area contributed by atoms with Crippen LogP contribution in [-0.2, 0) is 6.42 Å². The molecule has 0 saturated heterocycles. The molecule has 0 bridgehead atoms. The van der Waals surface area contributed by atoms with Crippen LogP contribution in [0, 0.1) is 10.1 Å². The fourth-order valence-electron chi connectivity index (χ4n) is 1.38. The van der Waals surface area contributed by atoms with E-state index in [1.54, 1.807) is 0 Å². The highest BCUT2D eigenvalue weighted by atomic mass is 16.6. The molecule has 2 aromatic rings. The summed E-state index contributed by atoms with van der Waals surface area (Å²) in [5, 5.41) is 17.2. The molecule has 4 N–H and O–H groups in total. The van der Waals surface area contributed by atoms with E-state index in [1.165, 1.54) is 6.33 Å². The Hall–Kier alpha value is -2.82. The second-order valence-electron chi connectivity index (χ2n) is 3.33. The van der Waals surface area contributed by atoms with E-state index in [0.717, 1.165) is 6.33 Å². The van der Waals surface area contributed by atoms with Gasteiger partial charge < -0.3 is 15.3 Å². The molecule has 0 amide bonds. The van der Waals surface area contributed by atoms with E-state index in [4.69, 9.17) is 10.4 Å². The van der Waals surface area contributed by atoms with Crippen LogP contribution >= 0.6 is 0 Å². The van der Waals surface area contributed by atoms with Gasteiger partial charge >= 0.3 is 5.69 Å². The summed E-state index contributed by atoms with van der Waals surface area (Å²) in [6.45, 7) is 0.337. The van der Waals surface area contributed by atoms with Crippen molar-refractivity contribution in [1.82, 2.24) is 20.1 Å². The number of hydrazine groups is 1. The largest absolute Gasteiger partial charge is 0.364 e. The summed E-state index contributed by atoms with van der Waals surface area (Å²) in [5.74, 6) is 5.57. The summed E-state index contributed by atoms with van der Waals surface area (Å²) in [6.07, 6.45) is 2.85. The van der Waals surface area contributed by atoms with E-state index in [-0.39, 0.29) is 17.3 Å². The average Bonchev–Trinajstić information content (AvgIpc) is 2.91. The predicted octanol–water partition coefficient (Wildman–Crippen LogP) is -0.292. The van der Waals surface area contributed by atoms with Crippen molar-refractivity contribution < 1.29 is 9.45 Å². The lowest BCUT2D eigenvalue weighted by Gasteiger charge is -2.06. The van der Waals surface area contributed by atoms with Crippen molar-refractivity contribution in [2.24, 2.45) is 5.84 Å². The molecule has 0 radical (unpaired) electrons. The SMILES string of the molecule is NNc1ncnc(NCCc2ncno2)c1[N+](=O)[O-]. The number of nitrogens with two attached hydrogens (primary N) is 1. The van der Waals surface area contributed by atoms with Crippen LogP contribution in [0.5, 0.6) is 0 Å². The average molecular weight is 266 g/mol. The summed E-state index contributed by atoms with van der Waals surface area (Å²) in [5.41, 5.74) is 1.82. The van der Waals surface area contributed by atoms with Gasteiger partial charge in [-0.2, -0.15) is 4.98 Å². The molecule has 0 aliphatic heterocycles. The van der Waals surface area contributed by atoms with E-state index < -0.39 is 4.92 Å². The molecule has 0 aliphatic rings. The number of hydrogen-bond donors (Lipinski definition) is 3. The zero-order valence-corrected chi connectivity index (χ0v) is 9.61. The highest BCUT2D eigenvalue weighted by Crippen LogP contribution is 2.27. The third-order valence-electron chi connectivity index (χ3n) is 2.18. The van der Waals surface area contributed by atoms with Gasteiger partial charge in [0.2, 0.25) is 17.5 Å². The van der Waals surface area contributed by atoms with Gasteiger partial charge in [-0.1, -0.05) is 5.16 Å². The number of nitrogens with zero attached hydrogens (tertiary/aromatic N) is 5. The highest BCUT2D eigenvalue weighted by Gasteiger charge is 2.22. The molecular formula is C8H10N8O3. The summed E-state index contributed by atoms with van der Waals surface area (Å²) >= 11 is 0. The molecule has 0 unspecified atom stereocenters. The summed E-state index contributed by atoms with van der Waals surface area (Å²) in [4.78, 5) is 21.6. The molecule has 0 aromatic carbocycles. The molecule has 0 aliphatic carbocycles. The molecule has 100 valence electrons. The number of anilines is 2. The van der Waals surface area contributed by atoms with E-state index in [2.05, 4.69) is 30.9 Å². The normalized spacial score (nSPS) is 10.2. The Labute approximate surface area is 106 Å². The molecule has 0 atom stereocenters. The molecule has 11 nitrogen and oxygen atoms in total. The van der Waals surface area contributed by atoms with E-state index in [0.29, 0.717) is 18.9 Å². The van der Waals surface area contributed by atoms with Crippen molar-refractivity contribution in [3.05, 3.63) is 28.7 Å². The van der Waals surface area contributed by atoms with Crippen molar-refractivity contribution in [2.75, 3.05) is 17.3 Å². The zero-order valence-electron chi connectivity index (χ0n) is 9.61. The Balaban J connectivity index is 2.09. The maximum Gasteiger partial charge on any atom is 0.354 e. The first-order valence-electron chi connectivity index (χ1n) is 5.17. The van der Waals surface area contributed by atoms with Crippen LogP contribution in [0.15, 0.2) is 17.2 Å². The van der Waals surface area contributed by atoms with E-state index in [9.17, 15) is 10.1 Å². The lowest BCUT2D eigenvalue weighted by molar-refractivity contribution is -0.383. The van der Waals surface area contributed by atoms with Gasteiger partial charge in [-0.25, -0.2) is 15.8 Å². The highest BCUT2D eigenvalue weighted by molar-refractivity contribution is 5.68. The second kappa shape index (κ2) is 5.68. The summed E-state index contributed by atoms with van der Waals surface area (Å²) in [7, 11) is 0. The van der Waals surface area contributed by atoms with Crippen molar-refractivity contribution in [1.29, 1.82) is 0 Å². The Kier molecular flexibility index (Phi) is 3.78. The van der Waals surface area contributed by atoms with Gasteiger partial charge in [0.15, 0.2) is 6.33 Å². The van der Waals surface area contributed by atoms with Crippen LogP contribution in [0.2, 0.25) is 0 Å². The first-order chi connectivity index (χ1) is 9.22. The van der Waals surface area contributed by atoms with Crippen molar-refractivity contribution in [3.8, 4) is 0 Å². The monoisotopic (exact) mass is 266 g/mol. The maximum atomic E-state index is 10.9. The van der Waals surface area contributed by atoms with Crippen LogP contribution in [0.25, 0.3) is 0 Å². The fraction of sp³-hybridized carbons (Fsp3) is 0.250. The molecule has 19 heavy (non-hydrogen) atoms. The fourth-order valence-corrected chi connectivity index (χ4v) is 1.38. The molecule has 2 rings (SSSR count). The lowest BCUT2D eigenvalue weighted by Crippen LogP contribution is -2.14. The number of nitrogen functional groups attached to an aromatic ring is 1. The first-order valence-corrected chi connectivity index (χ1v) is 5.17. The summed E-state index contributed by atoms with van der Waals surface area (Å²) in [6, 6.07) is 0. The maximum absolute atomic E-state index is 10.9. The van der Waals surface area contributed by atoms with E-state index in [1.807, 2.05) is 0 Å². The Bertz CT molecular complexity index is 557. The van der Waals surface area contributed by atoms with Crippen LogP contribution in [0.3, 0.4) is 0 Å². The van der Waals surface area contributed by atoms with E-state index >= 15 is 0 Å². The number of rotatable bonds is 6. The van der Waals surface area contributed by atoms with Gasteiger partial charge in [0, 0.05) is 13.0 Å². The smallest absolute Gasteiger partial charge is 0.354 e. The van der Waals surface area contributed by atoms with Gasteiger partial charge in [-0.05, 0) is 0 Å². The van der Waals surface area contributed by atoms with Crippen LogP contribution in [0.4, 0.5) is 17.3 Å². The minimum Gasteiger partial charge on any atom is -0.364 e. The summed E-state index contributed by atoms with van der Waals surface area (Å²) < 4.78 is 4.79. The lowest BCUT2D eigenvalue weighted by atomic mass is 10.4. The van der Waals surface area contributed by atoms with Crippen LogP contribution < -0.4 is 16.6 Å². The number of hydrogen-bond acceptors (Lipinski definition) is 10. The minimum atomic E-state index is -0.621. The van der Waals surface area contributed by atoms with Gasteiger partial charge in [-0.3, -0.25) is 10.1 Å². The van der Waals surface area contributed by atoms with Gasteiger partial charge in [0.05, 0.1) is 4.92 Å². The van der Waals surface area contributed by atoms with Crippen molar-refractivity contribution >= 4 is 17.3 Å². The minimum absolute atomic E-state index is 0.0625. The number of aromatic nitrogens is 4. The third kappa shape index (κ3) is 2.90. The number of nitrogens with one attached hydrogen (secondary N) is 2. The topological polar surface area (TPSA) is 158 Å². The standard InChI is InChI=1S/C8H10N8O3/c9-15-8-6(16(17)18)7(12-3-13-8)10-2-1-5-11-4-14-19-5/h3-4H,1-2,9H2,(H2,10,12,13,15). The Morgan fingerprint density at radius 1 is 1.32 bits per heavy atom. The first kappa shape index (κ1) is 12.6. The van der Waals surface area contributed by atoms with Crippen LogP contribution in [-0.4, -0.2) is 31.6 Å². The van der Waals surface area contributed by atoms with Crippen molar-refractivity contribution in [2.45, 2.75) is 6.42 Å². The Morgan fingerprint density at radius 3 is 2.74 bits per heavy atom. The molecule has 2 heterocycles. The predicted molar refractivity (Wildman–Crippen MR) is 63.0 cm³/mol. The second-order valence-corrected chi connectivity index (χ2v) is 3.33. The quantitative estimate of drug-likeness (QED) is 0.360. The molecule has 0 saturated carbocycles. The number of nitro groups is 1. The third-order valence-corrected chi connectivity index (χ3v) is 2.18. The zero-order chi connectivity index (χ0) is 13.7. The Morgan fingerprint density at radius 2 is 2.11 bits per heavy atom. The molecule has 11 heteroatoms. The molecule has 2 aromatic heterocycles. The van der Waals surface area contributed by atoms with Gasteiger partial charge in [-0.15, -0.1) is 0 Å². The van der Waals surface area contributed by atoms with Crippen molar-refractivity contribution in [3.63, 3.8) is 0 Å².